The minimum Gasteiger partial charge on any atom is -0.346 e. The van der Waals surface area contributed by atoms with Crippen LogP contribution in [0.5, 0.6) is 0 Å². The van der Waals surface area contributed by atoms with Crippen molar-refractivity contribution >= 4 is 16.0 Å². The van der Waals surface area contributed by atoms with Gasteiger partial charge in [-0.2, -0.15) is 0 Å². The van der Waals surface area contributed by atoms with Gasteiger partial charge in [-0.25, -0.2) is 0 Å². The highest BCUT2D eigenvalue weighted by Crippen LogP contribution is 2.35. The molecule has 2 aliphatic rings. The maximum atomic E-state index is 2.67. The predicted octanol–water partition coefficient (Wildman–Crippen LogP) is -0.240. The summed E-state index contributed by atoms with van der Waals surface area (Å²) in [5, 5.41) is 0. The van der Waals surface area contributed by atoms with Crippen LogP contribution in [0.25, 0.3) is 0 Å². The molecule has 4 nitrogen and oxygen atoms in total. The summed E-state index contributed by atoms with van der Waals surface area (Å²) in [5.74, 6) is 0. The van der Waals surface area contributed by atoms with E-state index in [0.29, 0.717) is 10.8 Å². The fourth-order valence-corrected chi connectivity index (χ4v) is 4.63. The first-order valence-corrected chi connectivity index (χ1v) is 9.47. The van der Waals surface area contributed by atoms with E-state index in [1.165, 1.54) is 71.9 Å². The van der Waals surface area contributed by atoms with Gasteiger partial charge in [0.1, 0.15) is 0 Å². The molecular weight excluding hydrogens is 282 g/mol. The fraction of sp³-hybridized carbons (Fsp3) is 1.00. The quantitative estimate of drug-likeness (QED) is 0.627. The topological polar surface area (TPSA) is 13.0 Å². The fourth-order valence-electron chi connectivity index (χ4n) is 4.63. The van der Waals surface area contributed by atoms with Crippen LogP contribution in [-0.4, -0.2) is 101 Å². The highest BCUT2D eigenvalue weighted by atomic mass is 15.2. The van der Waals surface area contributed by atoms with Crippen LogP contribution in [0.15, 0.2) is 0 Å². The minimum absolute atomic E-state index is 0.395. The van der Waals surface area contributed by atoms with Crippen LogP contribution >= 0.6 is 0 Å². The average Bonchev–Trinajstić information content (AvgIpc) is 2.42. The van der Waals surface area contributed by atoms with Gasteiger partial charge in [-0.3, -0.25) is 0 Å². The van der Waals surface area contributed by atoms with Crippen molar-refractivity contribution in [1.82, 2.24) is 19.4 Å². The summed E-state index contributed by atoms with van der Waals surface area (Å²) >= 11 is 0. The molecule has 2 heterocycles. The standard InChI is InChI=1S/C17H38B2N4/c1-16(2,14-20-5-9-22(18)10-6-20)13-17(3,4)15-21-7-11-23(19)12-8-21/h5-15,18-19H2,1-4H3. The van der Waals surface area contributed by atoms with Gasteiger partial charge in [0.25, 0.3) is 0 Å². The molecule has 0 aliphatic carbocycles. The number of hydrogen-bond donors (Lipinski definition) is 0. The summed E-state index contributed by atoms with van der Waals surface area (Å²) in [4.78, 5) is 10.2. The third kappa shape index (κ3) is 6.77. The van der Waals surface area contributed by atoms with Crippen molar-refractivity contribution in [3.05, 3.63) is 0 Å². The molecule has 0 N–H and O–H groups in total. The molecule has 2 saturated heterocycles. The summed E-state index contributed by atoms with van der Waals surface area (Å²) in [6, 6.07) is 0. The second-order valence-electron chi connectivity index (χ2n) is 9.66. The average molecular weight is 320 g/mol. The molecule has 0 aromatic heterocycles. The van der Waals surface area contributed by atoms with E-state index in [4.69, 9.17) is 0 Å². The normalized spacial score (nSPS) is 24.2. The largest absolute Gasteiger partial charge is 0.346 e. The summed E-state index contributed by atoms with van der Waals surface area (Å²) < 4.78 is 0. The van der Waals surface area contributed by atoms with Crippen LogP contribution in [0, 0.1) is 10.8 Å². The van der Waals surface area contributed by atoms with Gasteiger partial charge in [0.05, 0.1) is 0 Å². The van der Waals surface area contributed by atoms with Gasteiger partial charge >= 0.3 is 0 Å². The Morgan fingerprint density at radius 1 is 0.609 bits per heavy atom. The maximum Gasteiger partial charge on any atom is 0.185 e. The van der Waals surface area contributed by atoms with Crippen molar-refractivity contribution in [1.29, 1.82) is 0 Å². The molecule has 2 aliphatic heterocycles. The van der Waals surface area contributed by atoms with Crippen LogP contribution in [-0.2, 0) is 0 Å². The molecular formula is C17H38B2N4. The van der Waals surface area contributed by atoms with E-state index in [9.17, 15) is 0 Å². The van der Waals surface area contributed by atoms with E-state index in [2.05, 4.69) is 63.1 Å². The van der Waals surface area contributed by atoms with Crippen LogP contribution in [0.1, 0.15) is 34.1 Å². The zero-order chi connectivity index (χ0) is 17.1. The summed E-state index contributed by atoms with van der Waals surface area (Å²) in [7, 11) is 4.48. The molecule has 0 spiro atoms. The number of nitrogens with zero attached hydrogens (tertiary/aromatic N) is 4. The zero-order valence-corrected chi connectivity index (χ0v) is 16.6. The summed E-state index contributed by atoms with van der Waals surface area (Å²) in [6.07, 6.45) is 1.30. The van der Waals surface area contributed by atoms with Gasteiger partial charge in [0, 0.05) is 39.3 Å². The van der Waals surface area contributed by atoms with Crippen molar-refractivity contribution in [3.63, 3.8) is 0 Å². The molecule has 0 aromatic rings. The van der Waals surface area contributed by atoms with Gasteiger partial charge < -0.3 is 19.4 Å². The molecule has 2 fully saturated rings. The molecule has 0 amide bonds. The third-order valence-electron chi connectivity index (χ3n) is 5.45. The van der Waals surface area contributed by atoms with E-state index >= 15 is 0 Å². The lowest BCUT2D eigenvalue weighted by Crippen LogP contribution is -2.50. The molecule has 2 rings (SSSR count). The lowest BCUT2D eigenvalue weighted by molar-refractivity contribution is 0.0684. The van der Waals surface area contributed by atoms with E-state index in [1.807, 2.05) is 0 Å². The van der Waals surface area contributed by atoms with Gasteiger partial charge in [-0.1, -0.05) is 27.7 Å². The van der Waals surface area contributed by atoms with Gasteiger partial charge in [-0.15, -0.1) is 0 Å². The highest BCUT2D eigenvalue weighted by Gasteiger charge is 2.32. The van der Waals surface area contributed by atoms with Gasteiger partial charge in [0.15, 0.2) is 16.0 Å². The van der Waals surface area contributed by atoms with Crippen molar-refractivity contribution in [2.45, 2.75) is 34.1 Å². The Bertz CT molecular complexity index is 326. The molecule has 0 radical (unpaired) electrons. The molecule has 132 valence electrons. The van der Waals surface area contributed by atoms with Crippen LogP contribution in [0.3, 0.4) is 0 Å². The molecule has 0 atom stereocenters. The molecule has 6 heteroatoms. The van der Waals surface area contributed by atoms with Gasteiger partial charge in [-0.05, 0) is 43.4 Å². The van der Waals surface area contributed by atoms with Crippen molar-refractivity contribution in [2.75, 3.05) is 65.4 Å². The third-order valence-corrected chi connectivity index (χ3v) is 5.45. The second-order valence-corrected chi connectivity index (χ2v) is 9.66. The Morgan fingerprint density at radius 2 is 0.913 bits per heavy atom. The van der Waals surface area contributed by atoms with Crippen molar-refractivity contribution in [3.8, 4) is 0 Å². The Kier molecular flexibility index (Phi) is 6.63. The Labute approximate surface area is 146 Å². The first-order chi connectivity index (χ1) is 10.7. The summed E-state index contributed by atoms with van der Waals surface area (Å²) in [6.45, 7) is 22.2. The highest BCUT2D eigenvalue weighted by molar-refractivity contribution is 6.04. The van der Waals surface area contributed by atoms with Crippen molar-refractivity contribution in [2.24, 2.45) is 10.8 Å². The monoisotopic (exact) mass is 320 g/mol. The first-order valence-electron chi connectivity index (χ1n) is 9.47. The minimum atomic E-state index is 0.395. The molecule has 0 unspecified atom stereocenters. The van der Waals surface area contributed by atoms with Crippen LogP contribution < -0.4 is 0 Å². The molecule has 0 saturated carbocycles. The zero-order valence-electron chi connectivity index (χ0n) is 16.6. The molecule has 0 aromatic carbocycles. The number of rotatable bonds is 6. The van der Waals surface area contributed by atoms with E-state index < -0.39 is 0 Å². The Morgan fingerprint density at radius 3 is 1.22 bits per heavy atom. The van der Waals surface area contributed by atoms with Gasteiger partial charge in [0.2, 0.25) is 0 Å². The molecule has 0 bridgehead atoms. The maximum absolute atomic E-state index is 2.67. The summed E-state index contributed by atoms with van der Waals surface area (Å²) in [5.41, 5.74) is 0.790. The Hall–Kier alpha value is -0.0301. The first kappa shape index (κ1) is 19.3. The van der Waals surface area contributed by atoms with E-state index in [1.54, 1.807) is 0 Å². The smallest absolute Gasteiger partial charge is 0.185 e. The lowest BCUT2D eigenvalue weighted by Gasteiger charge is -2.43. The van der Waals surface area contributed by atoms with E-state index in [0.717, 1.165) is 0 Å². The van der Waals surface area contributed by atoms with Crippen molar-refractivity contribution < 1.29 is 0 Å². The predicted molar refractivity (Wildman–Crippen MR) is 105 cm³/mol. The van der Waals surface area contributed by atoms with E-state index in [-0.39, 0.29) is 0 Å². The lowest BCUT2D eigenvalue weighted by atomic mass is 9.74. The Balaban J connectivity index is 1.80. The van der Waals surface area contributed by atoms with Crippen LogP contribution in [0.2, 0.25) is 0 Å². The number of piperazine rings is 2. The number of hydrogen-bond acceptors (Lipinski definition) is 4. The second kappa shape index (κ2) is 7.90. The van der Waals surface area contributed by atoms with Crippen LogP contribution in [0.4, 0.5) is 0 Å². The SMILES string of the molecule is BN1CCN(CC(C)(C)CC(C)(C)CN2CCN(B)CC2)CC1. The molecule has 23 heavy (non-hydrogen) atoms.